The van der Waals surface area contributed by atoms with Crippen molar-refractivity contribution in [2.24, 2.45) is 0 Å². The maximum Gasteiger partial charge on any atom is 0.343 e. The van der Waals surface area contributed by atoms with E-state index >= 15 is 0 Å². The molecule has 2 rings (SSSR count). The number of nitrogens with one attached hydrogen (secondary N) is 1. The van der Waals surface area contributed by atoms with Crippen molar-refractivity contribution in [1.82, 2.24) is 15.0 Å². The van der Waals surface area contributed by atoms with Gasteiger partial charge in [0.1, 0.15) is 11.4 Å². The average Bonchev–Trinajstić information content (AvgIpc) is 2.49. The fourth-order valence-corrected chi connectivity index (χ4v) is 2.04. The van der Waals surface area contributed by atoms with Gasteiger partial charge >= 0.3 is 5.97 Å². The second-order valence-electron chi connectivity index (χ2n) is 4.35. The lowest BCUT2D eigenvalue weighted by atomic mass is 10.2. The number of aromatic nitrogens is 3. The number of hydrogen-bond donors (Lipinski definition) is 1. The van der Waals surface area contributed by atoms with Crippen molar-refractivity contribution in [3.8, 4) is 0 Å². The summed E-state index contributed by atoms with van der Waals surface area (Å²) in [5.74, 6) is -0.0466. The fraction of sp³-hybridized carbons (Fsp3) is 0.429. The molecule has 21 heavy (non-hydrogen) atoms. The van der Waals surface area contributed by atoms with Gasteiger partial charge in [0, 0.05) is 19.3 Å². The number of pyridine rings is 1. The van der Waals surface area contributed by atoms with E-state index in [1.165, 1.54) is 6.20 Å². The number of H-pyrrole nitrogens is 1. The van der Waals surface area contributed by atoms with Crippen LogP contribution in [0.2, 0.25) is 0 Å². The van der Waals surface area contributed by atoms with Crippen molar-refractivity contribution in [2.75, 3.05) is 24.6 Å². The highest BCUT2D eigenvalue weighted by molar-refractivity contribution is 5.92. The van der Waals surface area contributed by atoms with Crippen LogP contribution >= 0.6 is 0 Å². The molecule has 0 amide bonds. The van der Waals surface area contributed by atoms with Gasteiger partial charge in [-0.3, -0.25) is 4.79 Å². The van der Waals surface area contributed by atoms with Crippen molar-refractivity contribution >= 4 is 23.0 Å². The highest BCUT2D eigenvalue weighted by Gasteiger charge is 2.16. The number of carbonyl (C=O) groups excluding carboxylic acids is 1. The smallest absolute Gasteiger partial charge is 0.343 e. The van der Waals surface area contributed by atoms with Crippen LogP contribution in [0.15, 0.2) is 17.2 Å². The molecule has 0 aliphatic heterocycles. The normalized spacial score (nSPS) is 10.6. The molecule has 0 spiro atoms. The summed E-state index contributed by atoms with van der Waals surface area (Å²) in [6.07, 6.45) is 2.92. The summed E-state index contributed by atoms with van der Waals surface area (Å²) < 4.78 is 4.86. The molecule has 7 heteroatoms. The average molecular weight is 290 g/mol. The summed E-state index contributed by atoms with van der Waals surface area (Å²) in [4.78, 5) is 37.4. The molecule has 1 N–H and O–H groups in total. The van der Waals surface area contributed by atoms with E-state index in [0.29, 0.717) is 11.5 Å². The van der Waals surface area contributed by atoms with E-state index in [1.807, 2.05) is 18.7 Å². The monoisotopic (exact) mass is 290 g/mol. The molecule has 2 aromatic heterocycles. The molecule has 0 saturated carbocycles. The Hall–Kier alpha value is -2.44. The van der Waals surface area contributed by atoms with Crippen LogP contribution in [0.25, 0.3) is 11.2 Å². The maximum absolute atomic E-state index is 12.4. The van der Waals surface area contributed by atoms with E-state index in [4.69, 9.17) is 4.74 Å². The Labute approximate surface area is 122 Å². The van der Waals surface area contributed by atoms with E-state index in [9.17, 15) is 9.59 Å². The van der Waals surface area contributed by atoms with Crippen LogP contribution in [0, 0.1) is 0 Å². The largest absolute Gasteiger partial charge is 0.462 e. The molecule has 0 bridgehead atoms. The topological polar surface area (TPSA) is 88.2 Å². The lowest BCUT2D eigenvalue weighted by Crippen LogP contribution is -2.25. The number of aromatic amines is 1. The van der Waals surface area contributed by atoms with E-state index in [2.05, 4.69) is 15.0 Å². The van der Waals surface area contributed by atoms with Crippen LogP contribution in [0.3, 0.4) is 0 Å². The van der Waals surface area contributed by atoms with Gasteiger partial charge in [0.2, 0.25) is 5.43 Å². The van der Waals surface area contributed by atoms with Crippen LogP contribution in [0.4, 0.5) is 5.82 Å². The van der Waals surface area contributed by atoms with Gasteiger partial charge in [-0.1, -0.05) is 0 Å². The zero-order chi connectivity index (χ0) is 15.4. The van der Waals surface area contributed by atoms with Gasteiger partial charge in [-0.15, -0.1) is 0 Å². The van der Waals surface area contributed by atoms with E-state index in [-0.39, 0.29) is 17.7 Å². The first-order valence-corrected chi connectivity index (χ1v) is 6.92. The third kappa shape index (κ3) is 2.86. The van der Waals surface area contributed by atoms with E-state index < -0.39 is 11.4 Å². The molecule has 112 valence electrons. The van der Waals surface area contributed by atoms with Crippen molar-refractivity contribution in [2.45, 2.75) is 20.8 Å². The Morgan fingerprint density at radius 2 is 2.05 bits per heavy atom. The zero-order valence-corrected chi connectivity index (χ0v) is 12.3. The van der Waals surface area contributed by atoms with Crippen LogP contribution in [0.1, 0.15) is 31.1 Å². The number of fused-ring (bicyclic) bond motifs is 1. The molecule has 0 aliphatic rings. The standard InChI is InChI=1S/C14H18N4O3/c1-4-18(5-2)10-8-16-13-11(17-10)12(19)9(7-15-13)14(20)21-6-3/h7-8H,4-6H2,1-3H3,(H,15,16,19). The van der Waals surface area contributed by atoms with Gasteiger partial charge in [-0.05, 0) is 20.8 Å². The Bertz CT molecular complexity index is 707. The second kappa shape index (κ2) is 6.34. The van der Waals surface area contributed by atoms with Gasteiger partial charge in [0.25, 0.3) is 0 Å². The van der Waals surface area contributed by atoms with E-state index in [1.54, 1.807) is 13.1 Å². The fourth-order valence-electron chi connectivity index (χ4n) is 2.04. The van der Waals surface area contributed by atoms with Crippen LogP contribution in [-0.4, -0.2) is 40.6 Å². The molecule has 0 radical (unpaired) electrons. The van der Waals surface area contributed by atoms with E-state index in [0.717, 1.165) is 13.1 Å². The number of ether oxygens (including phenoxy) is 1. The lowest BCUT2D eigenvalue weighted by Gasteiger charge is -2.19. The van der Waals surface area contributed by atoms with Gasteiger partial charge in [-0.25, -0.2) is 14.8 Å². The van der Waals surface area contributed by atoms with Crippen LogP contribution < -0.4 is 10.3 Å². The number of anilines is 1. The Balaban J connectivity index is 2.57. The second-order valence-corrected chi connectivity index (χ2v) is 4.35. The van der Waals surface area contributed by atoms with Crippen LogP contribution in [-0.2, 0) is 4.74 Å². The first-order chi connectivity index (χ1) is 10.1. The van der Waals surface area contributed by atoms with Crippen molar-refractivity contribution in [1.29, 1.82) is 0 Å². The minimum absolute atomic E-state index is 0.0599. The van der Waals surface area contributed by atoms with Gasteiger partial charge in [-0.2, -0.15) is 0 Å². The Kier molecular flexibility index (Phi) is 4.52. The summed E-state index contributed by atoms with van der Waals surface area (Å²) in [6.45, 7) is 7.40. The molecule has 0 saturated heterocycles. The number of carbonyl (C=O) groups is 1. The molecule has 0 unspecified atom stereocenters. The summed E-state index contributed by atoms with van der Waals surface area (Å²) in [7, 11) is 0. The third-order valence-electron chi connectivity index (χ3n) is 3.16. The molecule has 0 aromatic carbocycles. The first kappa shape index (κ1) is 15.0. The Morgan fingerprint density at radius 1 is 1.33 bits per heavy atom. The van der Waals surface area contributed by atoms with Crippen molar-refractivity contribution < 1.29 is 9.53 Å². The molecule has 0 aliphatic carbocycles. The number of hydrogen-bond acceptors (Lipinski definition) is 6. The SMILES string of the molecule is CCOC(=O)c1c[nH]c2ncc(N(CC)CC)nc2c1=O. The summed E-state index contributed by atoms with van der Waals surface area (Å²) in [5, 5.41) is 0. The van der Waals surface area contributed by atoms with Crippen LogP contribution in [0.5, 0.6) is 0 Å². The summed E-state index contributed by atoms with van der Waals surface area (Å²) in [6, 6.07) is 0. The summed E-state index contributed by atoms with van der Waals surface area (Å²) in [5.41, 5.74) is -0.0343. The number of nitrogens with zero attached hydrogens (tertiary/aromatic N) is 3. The van der Waals surface area contributed by atoms with Gasteiger partial charge in [0.15, 0.2) is 11.2 Å². The lowest BCUT2D eigenvalue weighted by molar-refractivity contribution is 0.0524. The van der Waals surface area contributed by atoms with Gasteiger partial charge < -0.3 is 14.6 Å². The number of esters is 1. The molecule has 2 aromatic rings. The summed E-state index contributed by atoms with van der Waals surface area (Å²) >= 11 is 0. The highest BCUT2D eigenvalue weighted by atomic mass is 16.5. The predicted octanol–water partition coefficient (Wildman–Crippen LogP) is 1.34. The highest BCUT2D eigenvalue weighted by Crippen LogP contribution is 2.12. The predicted molar refractivity (Wildman–Crippen MR) is 79.7 cm³/mol. The van der Waals surface area contributed by atoms with Crippen molar-refractivity contribution in [3.63, 3.8) is 0 Å². The first-order valence-electron chi connectivity index (χ1n) is 6.92. The molecule has 7 nitrogen and oxygen atoms in total. The zero-order valence-electron chi connectivity index (χ0n) is 12.3. The number of rotatable bonds is 5. The third-order valence-corrected chi connectivity index (χ3v) is 3.16. The minimum atomic E-state index is -0.657. The van der Waals surface area contributed by atoms with Gasteiger partial charge in [0.05, 0.1) is 12.8 Å². The molecule has 0 fully saturated rings. The van der Waals surface area contributed by atoms with Crippen molar-refractivity contribution in [3.05, 3.63) is 28.2 Å². The quantitative estimate of drug-likeness (QED) is 0.836. The molecule has 2 heterocycles. The maximum atomic E-state index is 12.4. The molecular weight excluding hydrogens is 272 g/mol. The minimum Gasteiger partial charge on any atom is -0.462 e. The molecular formula is C14H18N4O3. The molecule has 0 atom stereocenters. The Morgan fingerprint density at radius 3 is 2.67 bits per heavy atom.